The Morgan fingerprint density at radius 1 is 1.50 bits per heavy atom. The molecule has 1 aliphatic rings. The van der Waals surface area contributed by atoms with E-state index < -0.39 is 0 Å². The molecule has 1 heterocycles. The minimum Gasteiger partial charge on any atom is -0.346 e. The Labute approximate surface area is 85.7 Å². The fourth-order valence-electron chi connectivity index (χ4n) is 1.40. The summed E-state index contributed by atoms with van der Waals surface area (Å²) in [4.78, 5) is 6.38. The summed E-state index contributed by atoms with van der Waals surface area (Å²) in [6.45, 7) is 7.63. The lowest BCUT2D eigenvalue weighted by atomic mass is 10.4. The van der Waals surface area contributed by atoms with Gasteiger partial charge in [0.05, 0.1) is 19.0 Å². The van der Waals surface area contributed by atoms with E-state index in [4.69, 9.17) is 5.73 Å². The van der Waals surface area contributed by atoms with Crippen LogP contribution in [0.1, 0.15) is 6.92 Å². The molecule has 0 aromatic rings. The van der Waals surface area contributed by atoms with Crippen molar-refractivity contribution in [1.82, 2.24) is 15.5 Å². The molecule has 5 nitrogen and oxygen atoms in total. The van der Waals surface area contributed by atoms with Gasteiger partial charge in [-0.15, -0.1) is 0 Å². The molecule has 82 valence electrons. The smallest absolute Gasteiger partial charge is 0.0863 e. The van der Waals surface area contributed by atoms with Crippen molar-refractivity contribution in [3.63, 3.8) is 0 Å². The third-order valence-corrected chi connectivity index (χ3v) is 2.28. The van der Waals surface area contributed by atoms with Crippen molar-refractivity contribution in [3.8, 4) is 0 Å². The van der Waals surface area contributed by atoms with Crippen molar-refractivity contribution < 1.29 is 0 Å². The second kappa shape index (κ2) is 6.75. The maximum absolute atomic E-state index is 5.36. The van der Waals surface area contributed by atoms with Crippen LogP contribution in [0.5, 0.6) is 0 Å². The van der Waals surface area contributed by atoms with Gasteiger partial charge in [-0.1, -0.05) is 0 Å². The Balaban J connectivity index is 1.97. The summed E-state index contributed by atoms with van der Waals surface area (Å²) in [5.74, 6) is 0. The van der Waals surface area contributed by atoms with Crippen LogP contribution >= 0.6 is 0 Å². The third kappa shape index (κ3) is 4.04. The van der Waals surface area contributed by atoms with Crippen LogP contribution < -0.4 is 16.4 Å². The van der Waals surface area contributed by atoms with E-state index in [1.165, 1.54) is 0 Å². The van der Waals surface area contributed by atoms with Gasteiger partial charge in [0.1, 0.15) is 0 Å². The molecular weight excluding hydrogens is 178 g/mol. The minimum absolute atomic E-state index is 0.376. The van der Waals surface area contributed by atoms with Crippen LogP contribution in [0.2, 0.25) is 0 Å². The fourth-order valence-corrected chi connectivity index (χ4v) is 1.40. The first kappa shape index (κ1) is 11.4. The van der Waals surface area contributed by atoms with E-state index in [2.05, 4.69) is 27.4 Å². The standard InChI is InChI=1S/C9H21N5/c1-9(14-7-6-12-8-14)13-5-4-11-3-2-10/h8-9,11,13H,2-7,10H2,1H3. The van der Waals surface area contributed by atoms with E-state index in [1.54, 1.807) is 0 Å². The molecule has 0 amide bonds. The van der Waals surface area contributed by atoms with Gasteiger partial charge in [0.15, 0.2) is 0 Å². The van der Waals surface area contributed by atoms with Crippen molar-refractivity contribution in [1.29, 1.82) is 0 Å². The number of aliphatic imine (C=N–C) groups is 1. The molecule has 1 atom stereocenters. The van der Waals surface area contributed by atoms with Gasteiger partial charge in [-0.3, -0.25) is 10.3 Å². The van der Waals surface area contributed by atoms with E-state index in [-0.39, 0.29) is 0 Å². The maximum atomic E-state index is 5.36. The van der Waals surface area contributed by atoms with Gasteiger partial charge in [-0.05, 0) is 6.92 Å². The highest BCUT2D eigenvalue weighted by Gasteiger charge is 2.11. The second-order valence-electron chi connectivity index (χ2n) is 3.43. The molecule has 0 aromatic heterocycles. The van der Waals surface area contributed by atoms with Crippen LogP contribution in [0.3, 0.4) is 0 Å². The average Bonchev–Trinajstić information content (AvgIpc) is 2.70. The van der Waals surface area contributed by atoms with Crippen molar-refractivity contribution >= 4 is 6.34 Å². The molecule has 0 fully saturated rings. The molecule has 0 bridgehead atoms. The normalized spacial score (nSPS) is 17.7. The SMILES string of the molecule is CC(NCCNCCN)N1C=NCC1. The van der Waals surface area contributed by atoms with Crippen LogP contribution in [-0.2, 0) is 0 Å². The zero-order valence-corrected chi connectivity index (χ0v) is 8.87. The van der Waals surface area contributed by atoms with Crippen LogP contribution in [0, 0.1) is 0 Å². The molecule has 0 saturated heterocycles. The Morgan fingerprint density at radius 2 is 2.36 bits per heavy atom. The summed E-state index contributed by atoms with van der Waals surface area (Å²) in [5.41, 5.74) is 5.36. The van der Waals surface area contributed by atoms with Crippen LogP contribution in [-0.4, -0.2) is 56.7 Å². The number of nitrogens with zero attached hydrogens (tertiary/aromatic N) is 2. The van der Waals surface area contributed by atoms with Gasteiger partial charge in [0, 0.05) is 32.7 Å². The van der Waals surface area contributed by atoms with Gasteiger partial charge >= 0.3 is 0 Å². The van der Waals surface area contributed by atoms with Gasteiger partial charge < -0.3 is 16.0 Å². The molecule has 0 saturated carbocycles. The zero-order chi connectivity index (χ0) is 10.2. The Hall–Kier alpha value is -0.650. The maximum Gasteiger partial charge on any atom is 0.0863 e. The predicted molar refractivity (Wildman–Crippen MR) is 59.5 cm³/mol. The lowest BCUT2D eigenvalue weighted by Crippen LogP contribution is -2.44. The van der Waals surface area contributed by atoms with Gasteiger partial charge in [0.2, 0.25) is 0 Å². The van der Waals surface area contributed by atoms with Crippen molar-refractivity contribution in [2.45, 2.75) is 13.1 Å². The molecule has 0 aliphatic carbocycles. The fraction of sp³-hybridized carbons (Fsp3) is 0.889. The molecule has 4 N–H and O–H groups in total. The van der Waals surface area contributed by atoms with E-state index >= 15 is 0 Å². The van der Waals surface area contributed by atoms with E-state index in [1.807, 2.05) is 6.34 Å². The highest BCUT2D eigenvalue weighted by Crippen LogP contribution is 1.97. The Kier molecular flexibility index (Phi) is 5.51. The molecule has 1 unspecified atom stereocenters. The third-order valence-electron chi connectivity index (χ3n) is 2.28. The zero-order valence-electron chi connectivity index (χ0n) is 8.87. The van der Waals surface area contributed by atoms with E-state index in [0.717, 1.165) is 32.7 Å². The highest BCUT2D eigenvalue weighted by atomic mass is 15.3. The van der Waals surface area contributed by atoms with Gasteiger partial charge in [-0.2, -0.15) is 0 Å². The van der Waals surface area contributed by atoms with Crippen LogP contribution in [0.4, 0.5) is 0 Å². The monoisotopic (exact) mass is 199 g/mol. The average molecular weight is 199 g/mol. The lowest BCUT2D eigenvalue weighted by molar-refractivity contribution is 0.310. The first-order valence-electron chi connectivity index (χ1n) is 5.24. The topological polar surface area (TPSA) is 65.7 Å². The number of nitrogens with two attached hydrogens (primary N) is 1. The predicted octanol–water partition coefficient (Wildman–Crippen LogP) is -1.19. The Bertz CT molecular complexity index is 171. The molecule has 5 heteroatoms. The molecule has 1 rings (SSSR count). The Morgan fingerprint density at radius 3 is 3.00 bits per heavy atom. The van der Waals surface area contributed by atoms with Crippen molar-refractivity contribution in [3.05, 3.63) is 0 Å². The van der Waals surface area contributed by atoms with Crippen molar-refractivity contribution in [2.75, 3.05) is 39.3 Å². The van der Waals surface area contributed by atoms with E-state index in [0.29, 0.717) is 12.7 Å². The summed E-state index contributed by atoms with van der Waals surface area (Å²) in [6.07, 6.45) is 2.30. The van der Waals surface area contributed by atoms with Crippen molar-refractivity contribution in [2.24, 2.45) is 10.7 Å². The first-order chi connectivity index (χ1) is 6.84. The van der Waals surface area contributed by atoms with Gasteiger partial charge in [-0.25, -0.2) is 0 Å². The number of nitrogens with one attached hydrogen (secondary N) is 2. The molecule has 0 radical (unpaired) electrons. The second-order valence-corrected chi connectivity index (χ2v) is 3.43. The number of hydrogen-bond donors (Lipinski definition) is 3. The first-order valence-corrected chi connectivity index (χ1v) is 5.24. The number of rotatable bonds is 7. The lowest BCUT2D eigenvalue weighted by Gasteiger charge is -2.24. The van der Waals surface area contributed by atoms with Gasteiger partial charge in [0.25, 0.3) is 0 Å². The molecule has 1 aliphatic heterocycles. The quantitative estimate of drug-likeness (QED) is 0.451. The summed E-state index contributed by atoms with van der Waals surface area (Å²) in [7, 11) is 0. The molecular formula is C9H21N5. The minimum atomic E-state index is 0.376. The summed E-state index contributed by atoms with van der Waals surface area (Å²) >= 11 is 0. The molecule has 0 aromatic carbocycles. The summed E-state index contributed by atoms with van der Waals surface area (Å²) in [5, 5.41) is 6.66. The summed E-state index contributed by atoms with van der Waals surface area (Å²) in [6, 6.07) is 0. The molecule has 14 heavy (non-hydrogen) atoms. The molecule has 0 spiro atoms. The largest absolute Gasteiger partial charge is 0.346 e. The number of hydrogen-bond acceptors (Lipinski definition) is 5. The summed E-state index contributed by atoms with van der Waals surface area (Å²) < 4.78 is 0. The highest BCUT2D eigenvalue weighted by molar-refractivity contribution is 5.57. The van der Waals surface area contributed by atoms with Crippen LogP contribution in [0.15, 0.2) is 4.99 Å². The van der Waals surface area contributed by atoms with Crippen LogP contribution in [0.25, 0.3) is 0 Å². The van der Waals surface area contributed by atoms with E-state index in [9.17, 15) is 0 Å².